The standard InChI is InChI=1S/C23H24FN3O7S.2C2HF3O2/c24-15-8-12(21(25)26)3-5-18(15)34-23(33)19-6-4-14(35-19)11-27-7-1-2-16(27)17(28)9-13(22(31)32)10-20(29)30;2*3-2(4,5)1(6)7/h3-6,8,13,16H,1-2,7,9-11H2,(H3,25,26)(H,29,30)(H,31,32);2*(H,6,7)/t13-,16-;;/m1../s1. The second-order valence-electron chi connectivity index (χ2n) is 9.75. The van der Waals surface area contributed by atoms with E-state index in [9.17, 15) is 55.0 Å². The van der Waals surface area contributed by atoms with Crippen molar-refractivity contribution in [1.29, 1.82) is 5.41 Å². The Kier molecular flexibility index (Phi) is 15.3. The lowest BCUT2D eigenvalue weighted by Crippen LogP contribution is -2.37. The van der Waals surface area contributed by atoms with Crippen molar-refractivity contribution in [2.75, 3.05) is 6.54 Å². The van der Waals surface area contributed by atoms with Gasteiger partial charge in [-0.05, 0) is 49.7 Å². The monoisotopic (exact) mass is 733 g/mol. The average molecular weight is 734 g/mol. The second-order valence-corrected chi connectivity index (χ2v) is 10.9. The number of ketones is 1. The number of carbonyl (C=O) groups excluding carboxylic acids is 2. The minimum Gasteiger partial charge on any atom is -0.481 e. The molecule has 0 unspecified atom stereocenters. The zero-order valence-corrected chi connectivity index (χ0v) is 25.3. The summed E-state index contributed by atoms with van der Waals surface area (Å²) in [5, 5.41) is 39.7. The number of nitrogens with two attached hydrogens (primary N) is 1. The number of likely N-dealkylation sites (tertiary alicyclic amines) is 1. The van der Waals surface area contributed by atoms with Crippen LogP contribution in [0.2, 0.25) is 0 Å². The van der Waals surface area contributed by atoms with Gasteiger partial charge in [0, 0.05) is 23.4 Å². The number of hydrogen-bond donors (Lipinski definition) is 6. The highest BCUT2D eigenvalue weighted by Crippen LogP contribution is 2.28. The van der Waals surface area contributed by atoms with Gasteiger partial charge in [-0.2, -0.15) is 26.3 Å². The maximum absolute atomic E-state index is 14.2. The van der Waals surface area contributed by atoms with E-state index in [1.165, 1.54) is 18.2 Å². The predicted molar refractivity (Wildman–Crippen MR) is 151 cm³/mol. The van der Waals surface area contributed by atoms with Gasteiger partial charge in [-0.1, -0.05) is 0 Å². The zero-order chi connectivity index (χ0) is 37.9. The summed E-state index contributed by atoms with van der Waals surface area (Å²) in [6.07, 6.45) is -9.89. The number of Topliss-reactive ketones (excluding diaryl/α,β-unsaturated/α-hetero) is 1. The van der Waals surface area contributed by atoms with E-state index >= 15 is 0 Å². The van der Waals surface area contributed by atoms with Crippen molar-refractivity contribution in [3.05, 3.63) is 51.5 Å². The van der Waals surface area contributed by atoms with Crippen LogP contribution in [0.3, 0.4) is 0 Å². The molecule has 1 saturated heterocycles. The molecule has 1 aromatic carbocycles. The Morgan fingerprint density at radius 1 is 0.939 bits per heavy atom. The summed E-state index contributed by atoms with van der Waals surface area (Å²) in [7, 11) is 0. The first-order valence-corrected chi connectivity index (χ1v) is 14.0. The Morgan fingerprint density at radius 2 is 1.49 bits per heavy atom. The van der Waals surface area contributed by atoms with Crippen molar-refractivity contribution in [3.8, 4) is 5.75 Å². The smallest absolute Gasteiger partial charge is 0.481 e. The van der Waals surface area contributed by atoms with Crippen molar-refractivity contribution in [1.82, 2.24) is 4.90 Å². The molecule has 1 aliphatic heterocycles. The van der Waals surface area contributed by atoms with Crippen LogP contribution in [0.25, 0.3) is 0 Å². The molecular weight excluding hydrogens is 707 g/mol. The second kappa shape index (κ2) is 17.9. The Hall–Kier alpha value is -5.12. The number of carbonyl (C=O) groups is 6. The van der Waals surface area contributed by atoms with Crippen LogP contribution in [0.1, 0.15) is 45.8 Å². The van der Waals surface area contributed by atoms with Crippen LogP contribution in [-0.4, -0.2) is 91.7 Å². The van der Waals surface area contributed by atoms with Crippen molar-refractivity contribution in [2.45, 2.75) is 50.6 Å². The number of esters is 1. The van der Waals surface area contributed by atoms with Gasteiger partial charge in [-0.25, -0.2) is 18.8 Å². The number of carboxylic acids is 4. The molecule has 0 bridgehead atoms. The quantitative estimate of drug-likeness (QED) is 0.0634. The number of aliphatic carboxylic acids is 4. The van der Waals surface area contributed by atoms with Gasteiger partial charge in [0.25, 0.3) is 0 Å². The number of amidine groups is 1. The average Bonchev–Trinajstić information content (AvgIpc) is 3.63. The van der Waals surface area contributed by atoms with Crippen LogP contribution >= 0.6 is 11.3 Å². The Labute approximate surface area is 274 Å². The lowest BCUT2D eigenvalue weighted by Gasteiger charge is -2.23. The lowest BCUT2D eigenvalue weighted by molar-refractivity contribution is -0.193. The summed E-state index contributed by atoms with van der Waals surface area (Å²) in [6, 6.07) is 6.28. The van der Waals surface area contributed by atoms with Gasteiger partial charge in [0.05, 0.1) is 18.4 Å². The van der Waals surface area contributed by atoms with E-state index in [-0.39, 0.29) is 34.2 Å². The zero-order valence-electron chi connectivity index (χ0n) is 24.5. The third kappa shape index (κ3) is 14.3. The van der Waals surface area contributed by atoms with Gasteiger partial charge in [0.1, 0.15) is 10.7 Å². The largest absolute Gasteiger partial charge is 0.490 e. The normalized spacial score (nSPS) is 15.0. The van der Waals surface area contributed by atoms with E-state index in [2.05, 4.69) is 0 Å². The van der Waals surface area contributed by atoms with Crippen LogP contribution in [0.5, 0.6) is 5.75 Å². The van der Waals surface area contributed by atoms with Gasteiger partial charge < -0.3 is 30.9 Å². The summed E-state index contributed by atoms with van der Waals surface area (Å²) in [5.41, 5.74) is 5.48. The molecule has 1 aromatic heterocycles. The number of benzene rings is 1. The van der Waals surface area contributed by atoms with Crippen LogP contribution < -0.4 is 10.5 Å². The molecule has 2 heterocycles. The van der Waals surface area contributed by atoms with E-state index in [1.807, 2.05) is 4.90 Å². The first-order valence-electron chi connectivity index (χ1n) is 13.2. The van der Waals surface area contributed by atoms with Crippen molar-refractivity contribution in [2.24, 2.45) is 11.7 Å². The molecular formula is C27H26F7N3O11S. The number of carboxylic acid groups (broad SMARTS) is 4. The van der Waals surface area contributed by atoms with Crippen LogP contribution in [0.15, 0.2) is 30.3 Å². The fourth-order valence-electron chi connectivity index (χ4n) is 3.89. The number of rotatable bonds is 11. The molecule has 22 heteroatoms. The van der Waals surface area contributed by atoms with Crippen LogP contribution in [0, 0.1) is 17.1 Å². The SMILES string of the molecule is N=C(N)c1ccc(OC(=O)c2ccc(CN3CCC[C@@H]3C(=O)C[C@H](CC(=O)O)C(=O)O)s2)c(F)c1.O=C(O)C(F)(F)F.O=C(O)C(F)(F)F. The highest BCUT2D eigenvalue weighted by Gasteiger charge is 2.39. The highest BCUT2D eigenvalue weighted by atomic mass is 32.1. The molecule has 0 spiro atoms. The summed E-state index contributed by atoms with van der Waals surface area (Å²) in [5.74, 6) is -11.9. The molecule has 270 valence electrons. The van der Waals surface area contributed by atoms with E-state index in [4.69, 9.17) is 40.8 Å². The topological polar surface area (TPSA) is 246 Å². The maximum atomic E-state index is 14.2. The van der Waals surface area contributed by atoms with Crippen LogP contribution in [0.4, 0.5) is 30.7 Å². The molecule has 0 radical (unpaired) electrons. The third-order valence-corrected chi connectivity index (χ3v) is 7.16. The van der Waals surface area contributed by atoms with Crippen molar-refractivity contribution in [3.63, 3.8) is 0 Å². The Bertz CT molecular complexity index is 1540. The van der Waals surface area contributed by atoms with Gasteiger partial charge >= 0.3 is 42.2 Å². The number of thiophene rings is 1. The number of hydrogen-bond acceptors (Lipinski definition) is 10. The number of ether oxygens (including phenoxy) is 1. The summed E-state index contributed by atoms with van der Waals surface area (Å²) < 4.78 is 82.7. The number of nitrogens with zero attached hydrogens (tertiary/aromatic N) is 1. The molecule has 0 amide bonds. The van der Waals surface area contributed by atoms with E-state index in [1.54, 1.807) is 6.07 Å². The number of halogens is 7. The fourth-order valence-corrected chi connectivity index (χ4v) is 4.80. The number of nitrogens with one attached hydrogen (secondary N) is 1. The Balaban J connectivity index is 0.000000717. The third-order valence-electron chi connectivity index (χ3n) is 6.11. The van der Waals surface area contributed by atoms with Gasteiger partial charge in [0.15, 0.2) is 17.3 Å². The molecule has 0 saturated carbocycles. The molecule has 0 aliphatic carbocycles. The minimum atomic E-state index is -5.08. The molecule has 1 aliphatic rings. The first kappa shape index (κ1) is 41.9. The van der Waals surface area contributed by atoms with Gasteiger partial charge in [-0.15, -0.1) is 11.3 Å². The number of nitrogen functional groups attached to an aromatic ring is 1. The van der Waals surface area contributed by atoms with Gasteiger partial charge in [0.2, 0.25) is 0 Å². The summed E-state index contributed by atoms with van der Waals surface area (Å²) in [6.45, 7) is 0.936. The fraction of sp³-hybridized carbons (Fsp3) is 0.370. The van der Waals surface area contributed by atoms with Crippen molar-refractivity contribution < 1.29 is 84.7 Å². The maximum Gasteiger partial charge on any atom is 0.490 e. The van der Waals surface area contributed by atoms with Crippen molar-refractivity contribution >= 4 is 52.8 Å². The minimum absolute atomic E-state index is 0.160. The van der Waals surface area contributed by atoms with E-state index in [0.717, 1.165) is 28.7 Å². The first-order chi connectivity index (χ1) is 22.4. The molecule has 2 atom stereocenters. The summed E-state index contributed by atoms with van der Waals surface area (Å²) in [4.78, 5) is 68.1. The molecule has 3 rings (SSSR count). The molecule has 49 heavy (non-hydrogen) atoms. The predicted octanol–water partition coefficient (Wildman–Crippen LogP) is 3.76. The Morgan fingerprint density at radius 3 is 1.94 bits per heavy atom. The number of alkyl halides is 6. The highest BCUT2D eigenvalue weighted by molar-refractivity contribution is 7.13. The van der Waals surface area contributed by atoms with Gasteiger partial charge in [-0.3, -0.25) is 24.7 Å². The van der Waals surface area contributed by atoms with E-state index < -0.39 is 66.4 Å². The molecule has 14 nitrogen and oxygen atoms in total. The van der Waals surface area contributed by atoms with E-state index in [0.29, 0.717) is 19.5 Å². The molecule has 7 N–H and O–H groups in total. The summed E-state index contributed by atoms with van der Waals surface area (Å²) >= 11 is 1.13. The molecule has 1 fully saturated rings. The van der Waals surface area contributed by atoms with Crippen LogP contribution in [-0.2, 0) is 30.5 Å². The lowest BCUT2D eigenvalue weighted by atomic mass is 9.94. The molecule has 2 aromatic rings.